The fourth-order valence-electron chi connectivity index (χ4n) is 5.81. The number of nitrogens with zero attached hydrogens (tertiary/aromatic N) is 2. The summed E-state index contributed by atoms with van der Waals surface area (Å²) < 4.78 is 5.76. The van der Waals surface area contributed by atoms with Gasteiger partial charge in [0.2, 0.25) is 0 Å². The summed E-state index contributed by atoms with van der Waals surface area (Å²) in [5.74, 6) is -0.599. The van der Waals surface area contributed by atoms with Gasteiger partial charge < -0.3 is 29.9 Å². The molecule has 0 aromatic heterocycles. The lowest BCUT2D eigenvalue weighted by atomic mass is 9.68. The fraction of sp³-hybridized carbons (Fsp3) is 0.143. The number of aromatic hydroxyl groups is 1. The first-order valence-electron chi connectivity index (χ1n) is 13.6. The number of hydrogen-bond donors (Lipinski definition) is 2. The van der Waals surface area contributed by atoms with Crippen LogP contribution in [0.3, 0.4) is 0 Å². The molecule has 6 rings (SSSR count). The lowest BCUT2D eigenvalue weighted by molar-refractivity contribution is -0.459. The molecule has 1 aliphatic rings. The monoisotopic (exact) mass is 543 g/mol. The van der Waals surface area contributed by atoms with Crippen LogP contribution in [-0.2, 0) is 0 Å². The Bertz CT molecular complexity index is 1490. The fourth-order valence-corrected chi connectivity index (χ4v) is 5.81. The standard InChI is InChI=1S/C35H31N2O4/c1-41-30-23-28(36(24-14-6-2-7-15-24)25-16-8-3-9-17-25)22-29(38)31(30)32-34(39)33(35(32)40)37(26-18-10-4-11-19-26)27-20-12-5-13-21-27/h2-23,32-35,38-39H,1H3/q-1. The van der Waals surface area contributed by atoms with Crippen LogP contribution < -0.4 is 19.6 Å². The van der Waals surface area contributed by atoms with Crippen molar-refractivity contribution in [1.29, 1.82) is 0 Å². The van der Waals surface area contributed by atoms with Crippen molar-refractivity contribution in [2.24, 2.45) is 0 Å². The molecular weight excluding hydrogens is 512 g/mol. The molecule has 2 N–H and O–H groups in total. The largest absolute Gasteiger partial charge is 0.850 e. The summed E-state index contributed by atoms with van der Waals surface area (Å²) in [4.78, 5) is 3.90. The van der Waals surface area contributed by atoms with Gasteiger partial charge in [-0.15, -0.1) is 0 Å². The number of hydrogen-bond acceptors (Lipinski definition) is 6. The Morgan fingerprint density at radius 3 is 1.49 bits per heavy atom. The zero-order chi connectivity index (χ0) is 28.3. The van der Waals surface area contributed by atoms with E-state index in [1.165, 1.54) is 7.11 Å². The van der Waals surface area contributed by atoms with Crippen molar-refractivity contribution in [1.82, 2.24) is 0 Å². The number of anilines is 5. The quantitative estimate of drug-likeness (QED) is 0.240. The first kappa shape index (κ1) is 26.4. The number of benzene rings is 5. The molecule has 0 heterocycles. The number of rotatable bonds is 8. The minimum absolute atomic E-state index is 0.0921. The lowest BCUT2D eigenvalue weighted by Crippen LogP contribution is -2.69. The van der Waals surface area contributed by atoms with Crippen LogP contribution in [0.4, 0.5) is 28.4 Å². The third-order valence-corrected chi connectivity index (χ3v) is 7.72. The van der Waals surface area contributed by atoms with E-state index in [2.05, 4.69) is 0 Å². The van der Waals surface area contributed by atoms with Crippen molar-refractivity contribution >= 4 is 28.4 Å². The lowest BCUT2D eigenvalue weighted by Gasteiger charge is -2.58. The van der Waals surface area contributed by atoms with Gasteiger partial charge in [-0.25, -0.2) is 0 Å². The number of aliphatic hydroxyl groups is 1. The summed E-state index contributed by atoms with van der Waals surface area (Å²) in [6.45, 7) is 0. The summed E-state index contributed by atoms with van der Waals surface area (Å²) in [6, 6.07) is 41.5. The summed E-state index contributed by atoms with van der Waals surface area (Å²) >= 11 is 0. The van der Waals surface area contributed by atoms with Gasteiger partial charge in [0, 0.05) is 52.4 Å². The summed E-state index contributed by atoms with van der Waals surface area (Å²) in [6.07, 6.45) is -2.27. The number of ether oxygens (including phenoxy) is 1. The maximum Gasteiger partial charge on any atom is 0.128 e. The van der Waals surface area contributed by atoms with Crippen molar-refractivity contribution < 1.29 is 20.1 Å². The van der Waals surface area contributed by atoms with E-state index in [-0.39, 0.29) is 5.75 Å². The molecule has 1 aliphatic carbocycles. The first-order chi connectivity index (χ1) is 20.1. The molecule has 0 saturated heterocycles. The molecule has 1 fully saturated rings. The molecule has 0 aliphatic heterocycles. The van der Waals surface area contributed by atoms with Gasteiger partial charge in [0.1, 0.15) is 11.5 Å². The smallest absolute Gasteiger partial charge is 0.128 e. The van der Waals surface area contributed by atoms with E-state index < -0.39 is 24.2 Å². The topological polar surface area (TPSA) is 79.2 Å². The molecule has 0 radical (unpaired) electrons. The Labute approximate surface area is 239 Å². The van der Waals surface area contributed by atoms with E-state index in [9.17, 15) is 15.3 Å². The molecule has 206 valence electrons. The van der Waals surface area contributed by atoms with Crippen LogP contribution in [0.2, 0.25) is 0 Å². The maximum atomic E-state index is 13.9. The first-order valence-corrected chi connectivity index (χ1v) is 13.6. The highest BCUT2D eigenvalue weighted by atomic mass is 16.5. The van der Waals surface area contributed by atoms with Gasteiger partial charge in [-0.1, -0.05) is 78.9 Å². The van der Waals surface area contributed by atoms with Gasteiger partial charge in [0.05, 0.1) is 18.9 Å². The molecule has 41 heavy (non-hydrogen) atoms. The second-order valence-electron chi connectivity index (χ2n) is 10.1. The van der Waals surface area contributed by atoms with Crippen LogP contribution in [0, 0.1) is 0 Å². The zero-order valence-electron chi connectivity index (χ0n) is 22.6. The molecule has 0 bridgehead atoms. The SMILES string of the molecule is COc1cc(N(c2ccccc2)c2ccccc2)cc(O)c1C1C([O-])C(N(c2ccccc2)c2ccccc2)C1O. The third-order valence-electron chi connectivity index (χ3n) is 7.72. The van der Waals surface area contributed by atoms with Gasteiger partial charge in [0.15, 0.2) is 0 Å². The van der Waals surface area contributed by atoms with E-state index >= 15 is 0 Å². The van der Waals surface area contributed by atoms with Gasteiger partial charge in [0.25, 0.3) is 0 Å². The zero-order valence-corrected chi connectivity index (χ0v) is 22.6. The summed E-state index contributed by atoms with van der Waals surface area (Å²) in [7, 11) is 1.51. The Kier molecular flexibility index (Phi) is 7.33. The highest BCUT2D eigenvalue weighted by Crippen LogP contribution is 2.51. The minimum Gasteiger partial charge on any atom is -0.850 e. The highest BCUT2D eigenvalue weighted by Gasteiger charge is 2.49. The third kappa shape index (κ3) is 4.88. The molecule has 0 amide bonds. The minimum atomic E-state index is -1.23. The van der Waals surface area contributed by atoms with Crippen LogP contribution >= 0.6 is 0 Å². The molecule has 4 unspecified atom stereocenters. The number of aliphatic hydroxyl groups excluding tert-OH is 1. The maximum absolute atomic E-state index is 13.9. The van der Waals surface area contributed by atoms with Crippen molar-refractivity contribution in [3.8, 4) is 11.5 Å². The molecule has 6 nitrogen and oxygen atoms in total. The summed E-state index contributed by atoms with van der Waals surface area (Å²) in [5, 5.41) is 36.9. The molecule has 4 atom stereocenters. The van der Waals surface area contributed by atoms with Crippen molar-refractivity contribution in [3.05, 3.63) is 139 Å². The van der Waals surface area contributed by atoms with E-state index in [0.29, 0.717) is 17.0 Å². The predicted octanol–water partition coefficient (Wildman–Crippen LogP) is 6.26. The number of phenolic OH excluding ortho intramolecular Hbond substituents is 1. The Hall–Kier alpha value is -4.78. The van der Waals surface area contributed by atoms with Gasteiger partial charge >= 0.3 is 0 Å². The van der Waals surface area contributed by atoms with E-state index in [4.69, 9.17) is 4.74 Å². The Morgan fingerprint density at radius 2 is 1.07 bits per heavy atom. The van der Waals surface area contributed by atoms with E-state index in [1.54, 1.807) is 6.07 Å². The van der Waals surface area contributed by atoms with Gasteiger partial charge in [-0.05, 0) is 48.5 Å². The Balaban J connectivity index is 1.38. The number of para-hydroxylation sites is 4. The van der Waals surface area contributed by atoms with Crippen LogP contribution in [-0.4, -0.2) is 35.6 Å². The van der Waals surface area contributed by atoms with Crippen LogP contribution in [0.5, 0.6) is 11.5 Å². The second-order valence-corrected chi connectivity index (χ2v) is 10.1. The van der Waals surface area contributed by atoms with Crippen molar-refractivity contribution in [2.75, 3.05) is 16.9 Å². The predicted molar refractivity (Wildman–Crippen MR) is 161 cm³/mol. The molecule has 1 saturated carbocycles. The molecule has 5 aromatic carbocycles. The number of methoxy groups -OCH3 is 1. The second kappa shape index (κ2) is 11.4. The molecule has 0 spiro atoms. The molecule has 5 aromatic rings. The van der Waals surface area contributed by atoms with Crippen LogP contribution in [0.25, 0.3) is 0 Å². The highest BCUT2D eigenvalue weighted by molar-refractivity contribution is 5.79. The number of phenols is 1. The summed E-state index contributed by atoms with van der Waals surface area (Å²) in [5.41, 5.74) is 4.43. The Morgan fingerprint density at radius 1 is 0.634 bits per heavy atom. The van der Waals surface area contributed by atoms with E-state index in [0.717, 1.165) is 22.7 Å². The van der Waals surface area contributed by atoms with E-state index in [1.807, 2.05) is 137 Å². The average molecular weight is 544 g/mol. The van der Waals surface area contributed by atoms with Crippen LogP contribution in [0.1, 0.15) is 11.5 Å². The normalized spacial score (nSPS) is 19.7. The van der Waals surface area contributed by atoms with Gasteiger partial charge in [-0.3, -0.25) is 0 Å². The average Bonchev–Trinajstić information content (AvgIpc) is 3.03. The van der Waals surface area contributed by atoms with Gasteiger partial charge in [-0.2, -0.15) is 0 Å². The van der Waals surface area contributed by atoms with Crippen molar-refractivity contribution in [2.45, 2.75) is 24.2 Å². The molecule has 6 heteroatoms. The van der Waals surface area contributed by atoms with Crippen molar-refractivity contribution in [3.63, 3.8) is 0 Å². The van der Waals surface area contributed by atoms with Crippen LogP contribution in [0.15, 0.2) is 133 Å². The molecular formula is C35H31N2O4-.